The Morgan fingerprint density at radius 3 is 2.92 bits per heavy atom. The minimum Gasteiger partial charge on any atom is -0.490 e. The summed E-state index contributed by atoms with van der Waals surface area (Å²) in [7, 11) is 0. The number of aliphatic imine (C=N–C) groups is 1. The van der Waals surface area contributed by atoms with Crippen molar-refractivity contribution in [2.75, 3.05) is 19.6 Å². The summed E-state index contributed by atoms with van der Waals surface area (Å²) in [5, 5.41) is 3.41. The molecule has 0 amide bonds. The second-order valence-corrected chi connectivity index (χ2v) is 7.10. The molecule has 0 bridgehead atoms. The van der Waals surface area contributed by atoms with Crippen LogP contribution in [0.25, 0.3) is 0 Å². The van der Waals surface area contributed by atoms with Gasteiger partial charge in [0, 0.05) is 24.2 Å². The number of allylic oxidation sites excluding steroid dienone is 4. The van der Waals surface area contributed by atoms with Crippen LogP contribution >= 0.6 is 0 Å². The molecule has 0 spiro atoms. The van der Waals surface area contributed by atoms with Crippen LogP contribution in [0.1, 0.15) is 48.8 Å². The molecule has 1 fully saturated rings. The van der Waals surface area contributed by atoms with Gasteiger partial charge in [0.05, 0.1) is 0 Å². The Balaban J connectivity index is 1.67. The van der Waals surface area contributed by atoms with Crippen molar-refractivity contribution < 1.29 is 4.74 Å². The van der Waals surface area contributed by atoms with E-state index in [2.05, 4.69) is 47.6 Å². The monoisotopic (exact) mass is 322 g/mol. The molecule has 1 aromatic carbocycles. The number of rotatable bonds is 3. The number of fused-ring (bicyclic) bond motifs is 1. The van der Waals surface area contributed by atoms with Crippen LogP contribution in [0.5, 0.6) is 5.75 Å². The number of nitrogens with zero attached hydrogens (tertiary/aromatic N) is 1. The average molecular weight is 322 g/mol. The standard InChI is InChI=1S/C21H26N2O/c1-15-3-2-4-16(11-15)18-12-17-5-8-23-14-20(17)21(13-18)24-19-6-9-22-10-7-19/h2-3,11-14,16,19,22H,4-10H2,1H3. The van der Waals surface area contributed by atoms with Crippen molar-refractivity contribution in [2.45, 2.75) is 44.6 Å². The average Bonchev–Trinajstić information content (AvgIpc) is 2.62. The molecule has 0 radical (unpaired) electrons. The number of hydrogen-bond donors (Lipinski definition) is 1. The maximum Gasteiger partial charge on any atom is 0.129 e. The minimum absolute atomic E-state index is 0.324. The first kappa shape index (κ1) is 15.6. The maximum atomic E-state index is 6.44. The largest absolute Gasteiger partial charge is 0.490 e. The number of hydrogen-bond acceptors (Lipinski definition) is 3. The third kappa shape index (κ3) is 3.32. The Hall–Kier alpha value is -1.87. The molecular weight excluding hydrogens is 296 g/mol. The van der Waals surface area contributed by atoms with Gasteiger partial charge in [-0.1, -0.05) is 29.9 Å². The van der Waals surface area contributed by atoms with Gasteiger partial charge in [-0.2, -0.15) is 0 Å². The molecule has 4 rings (SSSR count). The maximum absolute atomic E-state index is 6.44. The molecule has 3 nitrogen and oxygen atoms in total. The highest BCUT2D eigenvalue weighted by atomic mass is 16.5. The summed E-state index contributed by atoms with van der Waals surface area (Å²) in [6.07, 6.45) is 13.5. The van der Waals surface area contributed by atoms with Gasteiger partial charge in [-0.15, -0.1) is 0 Å². The number of ether oxygens (including phenoxy) is 1. The molecule has 0 saturated carbocycles. The van der Waals surface area contributed by atoms with Crippen molar-refractivity contribution in [2.24, 2.45) is 4.99 Å². The van der Waals surface area contributed by atoms with E-state index in [4.69, 9.17) is 4.74 Å². The van der Waals surface area contributed by atoms with Crippen LogP contribution in [0, 0.1) is 0 Å². The number of piperidine rings is 1. The van der Waals surface area contributed by atoms with Crippen LogP contribution in [-0.2, 0) is 6.42 Å². The van der Waals surface area contributed by atoms with Crippen LogP contribution in [0.15, 0.2) is 40.9 Å². The molecule has 1 aromatic rings. The molecule has 1 N–H and O–H groups in total. The summed E-state index contributed by atoms with van der Waals surface area (Å²) in [6, 6.07) is 4.65. The predicted molar refractivity (Wildman–Crippen MR) is 99.4 cm³/mol. The van der Waals surface area contributed by atoms with E-state index in [0.717, 1.165) is 51.1 Å². The number of nitrogens with one attached hydrogen (secondary N) is 1. The van der Waals surface area contributed by atoms with Crippen molar-refractivity contribution >= 4 is 6.21 Å². The van der Waals surface area contributed by atoms with E-state index < -0.39 is 0 Å². The molecule has 1 atom stereocenters. The second kappa shape index (κ2) is 6.94. The Morgan fingerprint density at radius 1 is 1.21 bits per heavy atom. The molecule has 1 unspecified atom stereocenters. The lowest BCUT2D eigenvalue weighted by molar-refractivity contribution is 0.162. The molecule has 2 aliphatic heterocycles. The van der Waals surface area contributed by atoms with E-state index in [1.165, 1.54) is 22.3 Å². The van der Waals surface area contributed by atoms with Gasteiger partial charge in [0.25, 0.3) is 0 Å². The van der Waals surface area contributed by atoms with E-state index in [1.807, 2.05) is 6.21 Å². The molecule has 3 heteroatoms. The van der Waals surface area contributed by atoms with Gasteiger partial charge in [-0.3, -0.25) is 4.99 Å². The van der Waals surface area contributed by atoms with Gasteiger partial charge in [0.2, 0.25) is 0 Å². The van der Waals surface area contributed by atoms with Crippen molar-refractivity contribution in [1.82, 2.24) is 5.32 Å². The summed E-state index contributed by atoms with van der Waals surface area (Å²) in [5.41, 5.74) is 5.34. The summed E-state index contributed by atoms with van der Waals surface area (Å²) in [6.45, 7) is 5.18. The molecule has 24 heavy (non-hydrogen) atoms. The first-order valence-electron chi connectivity index (χ1n) is 9.18. The van der Waals surface area contributed by atoms with Crippen LogP contribution in [-0.4, -0.2) is 32.0 Å². The summed E-state index contributed by atoms with van der Waals surface area (Å²) in [5.74, 6) is 1.51. The molecule has 3 aliphatic rings. The molecule has 0 aromatic heterocycles. The SMILES string of the molecule is CC1=CC(c2cc3c(c(OC4CCNCC4)c2)C=NCC3)CC=C1. The number of benzene rings is 1. The van der Waals surface area contributed by atoms with E-state index in [-0.39, 0.29) is 0 Å². The molecule has 1 saturated heterocycles. The fourth-order valence-corrected chi connectivity index (χ4v) is 3.88. The van der Waals surface area contributed by atoms with Crippen LogP contribution in [0.4, 0.5) is 0 Å². The van der Waals surface area contributed by atoms with Crippen LogP contribution in [0.2, 0.25) is 0 Å². The Morgan fingerprint density at radius 2 is 2.08 bits per heavy atom. The Kier molecular flexibility index (Phi) is 4.52. The molecule has 126 valence electrons. The first-order valence-corrected chi connectivity index (χ1v) is 9.18. The summed E-state index contributed by atoms with van der Waals surface area (Å²) >= 11 is 0. The zero-order chi connectivity index (χ0) is 16.4. The third-order valence-corrected chi connectivity index (χ3v) is 5.22. The quantitative estimate of drug-likeness (QED) is 0.919. The fourth-order valence-electron chi connectivity index (χ4n) is 3.88. The van der Waals surface area contributed by atoms with Crippen LogP contribution in [0.3, 0.4) is 0 Å². The zero-order valence-electron chi connectivity index (χ0n) is 14.4. The van der Waals surface area contributed by atoms with Crippen molar-refractivity contribution in [3.8, 4) is 5.75 Å². The third-order valence-electron chi connectivity index (χ3n) is 5.22. The highest BCUT2D eigenvalue weighted by Crippen LogP contribution is 2.34. The van der Waals surface area contributed by atoms with Crippen molar-refractivity contribution in [1.29, 1.82) is 0 Å². The summed E-state index contributed by atoms with van der Waals surface area (Å²) < 4.78 is 6.44. The van der Waals surface area contributed by atoms with Crippen molar-refractivity contribution in [3.05, 3.63) is 52.6 Å². The second-order valence-electron chi connectivity index (χ2n) is 7.10. The van der Waals surface area contributed by atoms with Gasteiger partial charge >= 0.3 is 0 Å². The Bertz CT molecular complexity index is 696. The van der Waals surface area contributed by atoms with Gasteiger partial charge in [0.15, 0.2) is 0 Å². The minimum atomic E-state index is 0.324. The van der Waals surface area contributed by atoms with Crippen LogP contribution < -0.4 is 10.1 Å². The van der Waals surface area contributed by atoms with E-state index in [0.29, 0.717) is 12.0 Å². The van der Waals surface area contributed by atoms with Gasteiger partial charge in [-0.25, -0.2) is 0 Å². The normalized spacial score (nSPS) is 23.7. The highest BCUT2D eigenvalue weighted by Gasteiger charge is 2.21. The summed E-state index contributed by atoms with van der Waals surface area (Å²) in [4.78, 5) is 4.49. The van der Waals surface area contributed by atoms with Gasteiger partial charge < -0.3 is 10.1 Å². The lowest BCUT2D eigenvalue weighted by Crippen LogP contribution is -2.34. The lowest BCUT2D eigenvalue weighted by atomic mass is 9.87. The fraction of sp³-hybridized carbons (Fsp3) is 0.476. The van der Waals surface area contributed by atoms with E-state index in [1.54, 1.807) is 0 Å². The van der Waals surface area contributed by atoms with Crippen molar-refractivity contribution in [3.63, 3.8) is 0 Å². The highest BCUT2D eigenvalue weighted by molar-refractivity contribution is 5.87. The van der Waals surface area contributed by atoms with E-state index in [9.17, 15) is 0 Å². The smallest absolute Gasteiger partial charge is 0.129 e. The molecule has 2 heterocycles. The van der Waals surface area contributed by atoms with Gasteiger partial charge in [0.1, 0.15) is 11.9 Å². The zero-order valence-corrected chi connectivity index (χ0v) is 14.4. The lowest BCUT2D eigenvalue weighted by Gasteiger charge is -2.27. The Labute approximate surface area is 144 Å². The topological polar surface area (TPSA) is 33.6 Å². The molecular formula is C21H26N2O. The predicted octanol–water partition coefficient (Wildman–Crippen LogP) is 3.78. The van der Waals surface area contributed by atoms with E-state index >= 15 is 0 Å². The first-order chi connectivity index (χ1) is 11.8. The molecule has 1 aliphatic carbocycles. The van der Waals surface area contributed by atoms with Gasteiger partial charge in [-0.05, 0) is 62.9 Å².